The predicted octanol–water partition coefficient (Wildman–Crippen LogP) is 1.75. The minimum Gasteiger partial charge on any atom is -0.497 e. The number of nitrogens with one attached hydrogen (secondary N) is 3. The largest absolute Gasteiger partial charge is 0.497 e. The van der Waals surface area contributed by atoms with Gasteiger partial charge in [-0.15, -0.1) is 0 Å². The minimum atomic E-state index is -0.175. The Morgan fingerprint density at radius 1 is 1.08 bits per heavy atom. The third kappa shape index (κ3) is 6.06. The Kier molecular flexibility index (Phi) is 7.00. The fraction of sp³-hybridized carbons (Fsp3) is 0.263. The lowest BCUT2D eigenvalue weighted by molar-refractivity contribution is -0.862. The van der Waals surface area contributed by atoms with Gasteiger partial charge in [0.1, 0.15) is 5.75 Å². The van der Waals surface area contributed by atoms with Crippen LogP contribution in [0.2, 0.25) is 5.02 Å². The van der Waals surface area contributed by atoms with E-state index in [1.807, 2.05) is 6.92 Å². The van der Waals surface area contributed by atoms with Gasteiger partial charge >= 0.3 is 0 Å². The third-order valence-corrected chi connectivity index (χ3v) is 3.98. The molecule has 6 nitrogen and oxygen atoms in total. The first-order valence-corrected chi connectivity index (χ1v) is 8.56. The topological polar surface area (TPSA) is 71.9 Å². The Bertz CT molecular complexity index is 795. The number of ether oxygens (including phenoxy) is 1. The van der Waals surface area contributed by atoms with Crippen molar-refractivity contribution in [1.82, 2.24) is 0 Å². The summed E-state index contributed by atoms with van der Waals surface area (Å²) in [5.41, 5.74) is 2.26. The molecule has 0 aromatic heterocycles. The smallest absolute Gasteiger partial charge is 0.279 e. The maximum atomic E-state index is 12.2. The van der Waals surface area contributed by atoms with Crippen LogP contribution in [0.4, 0.5) is 11.4 Å². The highest BCUT2D eigenvalue weighted by Gasteiger charge is 2.15. The van der Waals surface area contributed by atoms with Crippen LogP contribution in [0.1, 0.15) is 5.56 Å². The number of benzene rings is 2. The average molecular weight is 377 g/mol. The molecule has 0 bridgehead atoms. The van der Waals surface area contributed by atoms with E-state index in [0.29, 0.717) is 22.1 Å². The summed E-state index contributed by atoms with van der Waals surface area (Å²) in [5.74, 6) is 0.328. The van der Waals surface area contributed by atoms with Gasteiger partial charge in [0.2, 0.25) is 0 Å². The number of methoxy groups -OCH3 is 1. The van der Waals surface area contributed by atoms with Gasteiger partial charge in [0.25, 0.3) is 11.8 Å². The molecule has 0 aliphatic carbocycles. The molecule has 7 heteroatoms. The number of carbonyl (C=O) groups is 2. The zero-order valence-corrected chi connectivity index (χ0v) is 15.8. The molecule has 0 aliphatic heterocycles. The van der Waals surface area contributed by atoms with Gasteiger partial charge in [-0.1, -0.05) is 17.7 Å². The highest BCUT2D eigenvalue weighted by molar-refractivity contribution is 6.30. The minimum absolute atomic E-state index is 0.165. The first-order chi connectivity index (χ1) is 12.4. The van der Waals surface area contributed by atoms with E-state index in [-0.39, 0.29) is 24.9 Å². The van der Waals surface area contributed by atoms with E-state index in [9.17, 15) is 9.59 Å². The summed E-state index contributed by atoms with van der Waals surface area (Å²) >= 11 is 5.91. The highest BCUT2D eigenvalue weighted by Crippen LogP contribution is 2.19. The second-order valence-electron chi connectivity index (χ2n) is 6.10. The van der Waals surface area contributed by atoms with E-state index in [4.69, 9.17) is 16.3 Å². The van der Waals surface area contributed by atoms with Crippen LogP contribution in [0.15, 0.2) is 42.5 Å². The number of carbonyl (C=O) groups excluding carboxylic acids is 2. The van der Waals surface area contributed by atoms with E-state index in [0.717, 1.165) is 10.5 Å². The van der Waals surface area contributed by atoms with Crippen molar-refractivity contribution in [2.24, 2.45) is 0 Å². The Hall–Kier alpha value is -2.57. The summed E-state index contributed by atoms with van der Waals surface area (Å²) in [5, 5.41) is 6.26. The molecule has 26 heavy (non-hydrogen) atoms. The van der Waals surface area contributed by atoms with Crippen LogP contribution in [0.3, 0.4) is 0 Å². The SMILES string of the molecule is COc1cccc(NC(=O)C[NH+](C)CC(=O)Nc2ccc(Cl)cc2C)c1. The predicted molar refractivity (Wildman–Crippen MR) is 103 cm³/mol. The van der Waals surface area contributed by atoms with Crippen LogP contribution in [0.5, 0.6) is 5.75 Å². The number of quaternary nitrogens is 1. The van der Waals surface area contributed by atoms with Crippen LogP contribution in [-0.4, -0.2) is 39.1 Å². The maximum absolute atomic E-state index is 12.2. The second-order valence-corrected chi connectivity index (χ2v) is 6.53. The van der Waals surface area contributed by atoms with Crippen molar-refractivity contribution in [2.45, 2.75) is 6.92 Å². The zero-order valence-electron chi connectivity index (χ0n) is 15.1. The fourth-order valence-corrected chi connectivity index (χ4v) is 2.71. The van der Waals surface area contributed by atoms with Crippen LogP contribution in [0, 0.1) is 6.92 Å². The van der Waals surface area contributed by atoms with Crippen LogP contribution < -0.4 is 20.3 Å². The Labute approximate surface area is 158 Å². The average Bonchev–Trinajstić information content (AvgIpc) is 2.57. The Morgan fingerprint density at radius 2 is 1.77 bits per heavy atom. The lowest BCUT2D eigenvalue weighted by Gasteiger charge is -2.15. The van der Waals surface area contributed by atoms with E-state index in [2.05, 4.69) is 10.6 Å². The maximum Gasteiger partial charge on any atom is 0.279 e. The Balaban J connectivity index is 1.84. The molecule has 2 rings (SSSR count). The lowest BCUT2D eigenvalue weighted by atomic mass is 10.2. The number of rotatable bonds is 7. The third-order valence-electron chi connectivity index (χ3n) is 3.74. The molecule has 2 amide bonds. The van der Waals surface area contributed by atoms with Gasteiger partial charge in [-0.3, -0.25) is 9.59 Å². The van der Waals surface area contributed by atoms with E-state index in [1.54, 1.807) is 56.6 Å². The number of anilines is 2. The summed E-state index contributed by atoms with van der Waals surface area (Å²) in [6.07, 6.45) is 0. The number of hydrogen-bond donors (Lipinski definition) is 3. The van der Waals surface area contributed by atoms with Gasteiger partial charge in [0.05, 0.1) is 14.2 Å². The summed E-state index contributed by atoms with van der Waals surface area (Å²) < 4.78 is 5.13. The molecule has 0 radical (unpaired) electrons. The molecule has 0 saturated heterocycles. The summed E-state index contributed by atoms with van der Waals surface area (Å²) in [6, 6.07) is 12.4. The first kappa shape index (κ1) is 19.8. The van der Waals surface area contributed by atoms with Gasteiger partial charge in [0.15, 0.2) is 13.1 Å². The van der Waals surface area contributed by atoms with Crippen molar-refractivity contribution in [2.75, 3.05) is 37.9 Å². The van der Waals surface area contributed by atoms with E-state index < -0.39 is 0 Å². The summed E-state index contributed by atoms with van der Waals surface area (Å²) in [4.78, 5) is 25.1. The first-order valence-electron chi connectivity index (χ1n) is 8.18. The van der Waals surface area contributed by atoms with Gasteiger partial charge in [0, 0.05) is 22.5 Å². The summed E-state index contributed by atoms with van der Waals surface area (Å²) in [6.45, 7) is 2.22. The van der Waals surface area contributed by atoms with Crippen molar-refractivity contribution >= 4 is 34.8 Å². The molecule has 0 saturated carbocycles. The van der Waals surface area contributed by atoms with Crippen molar-refractivity contribution in [3.63, 3.8) is 0 Å². The standard InChI is InChI=1S/C19H22ClN3O3/c1-13-9-14(20)7-8-17(13)22-19(25)12-23(2)11-18(24)21-15-5-4-6-16(10-15)26-3/h4-10H,11-12H2,1-3H3,(H,21,24)(H,22,25)/p+1. The second kappa shape index (κ2) is 9.22. The van der Waals surface area contributed by atoms with Crippen LogP contribution >= 0.6 is 11.6 Å². The molecule has 138 valence electrons. The normalized spacial score (nSPS) is 11.5. The molecule has 2 aromatic rings. The van der Waals surface area contributed by atoms with Crippen molar-refractivity contribution in [3.8, 4) is 5.75 Å². The monoisotopic (exact) mass is 376 g/mol. The number of aryl methyl sites for hydroxylation is 1. The molecule has 0 aliphatic rings. The fourth-order valence-electron chi connectivity index (χ4n) is 2.48. The van der Waals surface area contributed by atoms with Crippen LogP contribution in [-0.2, 0) is 9.59 Å². The molecule has 0 fully saturated rings. The van der Waals surface area contributed by atoms with E-state index in [1.165, 1.54) is 0 Å². The molecular weight excluding hydrogens is 354 g/mol. The van der Waals surface area contributed by atoms with Crippen molar-refractivity contribution in [1.29, 1.82) is 0 Å². The summed E-state index contributed by atoms with van der Waals surface area (Å²) in [7, 11) is 3.36. The van der Waals surface area contributed by atoms with E-state index >= 15 is 0 Å². The molecule has 2 aromatic carbocycles. The molecule has 0 spiro atoms. The molecule has 1 unspecified atom stereocenters. The van der Waals surface area contributed by atoms with Crippen LogP contribution in [0.25, 0.3) is 0 Å². The molecular formula is C19H23ClN3O3+. The number of hydrogen-bond acceptors (Lipinski definition) is 3. The quantitative estimate of drug-likeness (QED) is 0.689. The van der Waals surface area contributed by atoms with Gasteiger partial charge in [-0.05, 0) is 42.8 Å². The van der Waals surface area contributed by atoms with Crippen molar-refractivity contribution in [3.05, 3.63) is 53.1 Å². The lowest BCUT2D eigenvalue weighted by Crippen LogP contribution is -3.11. The number of halogens is 1. The van der Waals surface area contributed by atoms with Crippen molar-refractivity contribution < 1.29 is 19.2 Å². The highest BCUT2D eigenvalue weighted by atomic mass is 35.5. The molecule has 1 atom stereocenters. The molecule has 3 N–H and O–H groups in total. The van der Waals surface area contributed by atoms with Gasteiger partial charge in [-0.2, -0.15) is 0 Å². The molecule has 0 heterocycles. The Morgan fingerprint density at radius 3 is 2.42 bits per heavy atom. The number of likely N-dealkylation sites (N-methyl/N-ethyl adjacent to an activating group) is 1. The van der Waals surface area contributed by atoms with Gasteiger partial charge in [-0.25, -0.2) is 0 Å². The zero-order chi connectivity index (χ0) is 19.1. The van der Waals surface area contributed by atoms with Gasteiger partial charge < -0.3 is 20.3 Å². The number of amides is 2.